The summed E-state index contributed by atoms with van der Waals surface area (Å²) in [6, 6.07) is 14.6. The molecular weight excluding hydrogens is 466 g/mol. The summed E-state index contributed by atoms with van der Waals surface area (Å²) in [6.07, 6.45) is 1.33. The second kappa shape index (κ2) is 9.77. The fourth-order valence-corrected chi connectivity index (χ4v) is 4.05. The van der Waals surface area contributed by atoms with Gasteiger partial charge in [0.05, 0.1) is 18.4 Å². The molecule has 2 aromatic heterocycles. The largest absolute Gasteiger partial charge is 0.496 e. The summed E-state index contributed by atoms with van der Waals surface area (Å²) in [7, 11) is 1.57. The zero-order valence-corrected chi connectivity index (χ0v) is 20.4. The smallest absolute Gasteiger partial charge is 0.327 e. The predicted molar refractivity (Wildman–Crippen MR) is 131 cm³/mol. The molecule has 186 valence electrons. The van der Waals surface area contributed by atoms with E-state index >= 15 is 0 Å². The van der Waals surface area contributed by atoms with E-state index < -0.39 is 11.8 Å². The molecule has 0 saturated carbocycles. The molecular formula is C27H27F2N4O3+. The molecule has 0 fully saturated rings. The van der Waals surface area contributed by atoms with Gasteiger partial charge in [0.25, 0.3) is 11.6 Å². The minimum atomic E-state index is -3.01. The Morgan fingerprint density at radius 2 is 1.94 bits per heavy atom. The van der Waals surface area contributed by atoms with Crippen molar-refractivity contribution >= 4 is 11.6 Å². The molecule has 9 heteroatoms. The highest BCUT2D eigenvalue weighted by molar-refractivity contribution is 6.02. The minimum absolute atomic E-state index is 0.0518. The molecule has 0 aliphatic heterocycles. The standard InChI is InChI=1S/C27H26F2N4O3/c1-5-27(28,29)19-9-6-10-20(15-19)32-26(34)24-17(3)31-25(33(24)35)18-11-12-22(36-4)21(14-18)23-16(2)8-7-13-30-23/h6-15,35H,5H2,1-4H3,(H,32,34)/p+1. The molecule has 0 radical (unpaired) electrons. The normalized spacial score (nSPS) is 11.4. The van der Waals surface area contributed by atoms with Crippen LogP contribution < -0.4 is 14.8 Å². The van der Waals surface area contributed by atoms with Crippen molar-refractivity contribution < 1.29 is 28.2 Å². The van der Waals surface area contributed by atoms with Gasteiger partial charge in [-0.05, 0) is 53.6 Å². The van der Waals surface area contributed by atoms with Gasteiger partial charge in [-0.25, -0.2) is 13.8 Å². The van der Waals surface area contributed by atoms with Gasteiger partial charge in [0.2, 0.25) is 0 Å². The quantitative estimate of drug-likeness (QED) is 0.229. The van der Waals surface area contributed by atoms with E-state index in [2.05, 4.69) is 15.3 Å². The van der Waals surface area contributed by atoms with Crippen LogP contribution in [0.4, 0.5) is 14.5 Å². The van der Waals surface area contributed by atoms with Crippen molar-refractivity contribution in [1.29, 1.82) is 0 Å². The molecule has 36 heavy (non-hydrogen) atoms. The molecule has 0 aliphatic carbocycles. The van der Waals surface area contributed by atoms with Crippen LogP contribution in [-0.4, -0.2) is 28.2 Å². The number of rotatable bonds is 7. The molecule has 2 aromatic carbocycles. The Labute approximate surface area is 207 Å². The van der Waals surface area contributed by atoms with Crippen molar-refractivity contribution in [2.24, 2.45) is 0 Å². The number of halogens is 2. The van der Waals surface area contributed by atoms with E-state index in [0.29, 0.717) is 17.0 Å². The number of aromatic nitrogens is 3. The highest BCUT2D eigenvalue weighted by Crippen LogP contribution is 2.34. The number of anilines is 1. The number of nitrogens with zero attached hydrogens (tertiary/aromatic N) is 2. The van der Waals surface area contributed by atoms with E-state index in [-0.39, 0.29) is 29.2 Å². The monoisotopic (exact) mass is 493 g/mol. The van der Waals surface area contributed by atoms with Crippen LogP contribution in [0.25, 0.3) is 22.6 Å². The van der Waals surface area contributed by atoms with Crippen LogP contribution in [0.15, 0.2) is 60.8 Å². The predicted octanol–water partition coefficient (Wildman–Crippen LogP) is 5.65. The van der Waals surface area contributed by atoms with E-state index in [9.17, 15) is 18.8 Å². The summed E-state index contributed by atoms with van der Waals surface area (Å²) in [5.41, 5.74) is 3.33. The minimum Gasteiger partial charge on any atom is -0.496 e. The number of aromatic amines is 1. The summed E-state index contributed by atoms with van der Waals surface area (Å²) in [5.74, 6) is -2.78. The Balaban J connectivity index is 1.70. The average Bonchev–Trinajstić information content (AvgIpc) is 3.17. The van der Waals surface area contributed by atoms with Crippen LogP contribution in [-0.2, 0) is 5.92 Å². The van der Waals surface area contributed by atoms with Crippen molar-refractivity contribution in [1.82, 2.24) is 9.97 Å². The Morgan fingerprint density at radius 3 is 2.64 bits per heavy atom. The molecule has 7 nitrogen and oxygen atoms in total. The third-order valence-corrected chi connectivity index (χ3v) is 6.02. The number of H-pyrrole nitrogens is 1. The van der Waals surface area contributed by atoms with Gasteiger partial charge in [-0.2, -0.15) is 0 Å². The molecule has 0 spiro atoms. The van der Waals surface area contributed by atoms with E-state index in [1.165, 1.54) is 31.2 Å². The van der Waals surface area contributed by atoms with Gasteiger partial charge in [-0.1, -0.05) is 25.1 Å². The number of ether oxygens (including phenoxy) is 1. The number of alkyl halides is 2. The highest BCUT2D eigenvalue weighted by Gasteiger charge is 2.32. The number of hydrogen-bond donors (Lipinski definition) is 3. The van der Waals surface area contributed by atoms with Crippen molar-refractivity contribution in [3.05, 3.63) is 83.3 Å². The van der Waals surface area contributed by atoms with Gasteiger partial charge in [0, 0.05) is 36.4 Å². The number of aryl methyl sites for hydroxylation is 2. The molecule has 0 atom stereocenters. The maximum absolute atomic E-state index is 14.1. The fourth-order valence-electron chi connectivity index (χ4n) is 4.05. The molecule has 3 N–H and O–H groups in total. The summed E-state index contributed by atoms with van der Waals surface area (Å²) in [6.45, 7) is 4.97. The van der Waals surface area contributed by atoms with Crippen LogP contribution in [0.5, 0.6) is 5.75 Å². The molecule has 4 aromatic rings. The number of pyridine rings is 1. The van der Waals surface area contributed by atoms with Gasteiger partial charge in [-0.3, -0.25) is 9.78 Å². The summed E-state index contributed by atoms with van der Waals surface area (Å²) < 4.78 is 34.5. The van der Waals surface area contributed by atoms with Gasteiger partial charge < -0.3 is 15.3 Å². The van der Waals surface area contributed by atoms with Crippen molar-refractivity contribution in [3.63, 3.8) is 0 Å². The maximum Gasteiger partial charge on any atom is 0.327 e. The molecule has 0 unspecified atom stereocenters. The lowest BCUT2D eigenvalue weighted by atomic mass is 10.0. The SMILES string of the molecule is CCC(F)(F)c1cccc(NC(=O)c2c(C)[nH]c(-c3ccc(OC)c(-c4ncccc4C)c3)[n+]2O)c1. The zero-order chi connectivity index (χ0) is 26.0. The first-order valence-electron chi connectivity index (χ1n) is 11.4. The van der Waals surface area contributed by atoms with E-state index in [1.54, 1.807) is 32.4 Å². The average molecular weight is 494 g/mol. The lowest BCUT2D eigenvalue weighted by molar-refractivity contribution is -0.896. The Hall–Kier alpha value is -4.27. The van der Waals surface area contributed by atoms with Crippen LogP contribution in [0, 0.1) is 13.8 Å². The van der Waals surface area contributed by atoms with Gasteiger partial charge >= 0.3 is 11.7 Å². The first kappa shape index (κ1) is 24.8. The number of amides is 1. The number of carbonyl (C=O) groups is 1. The third-order valence-electron chi connectivity index (χ3n) is 6.02. The first-order chi connectivity index (χ1) is 17.2. The fraction of sp³-hybridized carbons (Fsp3) is 0.222. The molecule has 2 heterocycles. The molecule has 1 amide bonds. The maximum atomic E-state index is 14.1. The van der Waals surface area contributed by atoms with Crippen LogP contribution in [0.2, 0.25) is 0 Å². The second-order valence-electron chi connectivity index (χ2n) is 8.44. The molecule has 0 saturated heterocycles. The topological polar surface area (TPSA) is 91.1 Å². The molecule has 0 bridgehead atoms. The Bertz CT molecular complexity index is 1430. The number of methoxy groups -OCH3 is 1. The third kappa shape index (κ3) is 4.64. The Morgan fingerprint density at radius 1 is 1.17 bits per heavy atom. The number of benzene rings is 2. The number of carbonyl (C=O) groups excluding carboxylic acids is 1. The van der Waals surface area contributed by atoms with E-state index in [4.69, 9.17) is 4.74 Å². The lowest BCUT2D eigenvalue weighted by Crippen LogP contribution is -2.39. The zero-order valence-electron chi connectivity index (χ0n) is 20.4. The van der Waals surface area contributed by atoms with Crippen molar-refractivity contribution in [2.75, 3.05) is 12.4 Å². The molecule has 4 rings (SSSR count). The highest BCUT2D eigenvalue weighted by atomic mass is 19.3. The number of hydrogen-bond acceptors (Lipinski definition) is 4. The summed E-state index contributed by atoms with van der Waals surface area (Å²) in [5, 5.41) is 13.5. The Kier molecular flexibility index (Phi) is 6.74. The summed E-state index contributed by atoms with van der Waals surface area (Å²) >= 11 is 0. The van der Waals surface area contributed by atoms with Crippen LogP contribution in [0.1, 0.15) is 40.7 Å². The number of nitrogens with one attached hydrogen (secondary N) is 2. The second-order valence-corrected chi connectivity index (χ2v) is 8.44. The van der Waals surface area contributed by atoms with Gasteiger partial charge in [0.1, 0.15) is 5.75 Å². The van der Waals surface area contributed by atoms with Crippen molar-refractivity contribution in [2.45, 2.75) is 33.1 Å². The van der Waals surface area contributed by atoms with Crippen LogP contribution >= 0.6 is 0 Å². The van der Waals surface area contributed by atoms with Gasteiger partial charge in [0.15, 0.2) is 5.69 Å². The lowest BCUT2D eigenvalue weighted by Gasteiger charge is -2.15. The number of imidazole rings is 1. The molecule has 0 aliphatic rings. The first-order valence-corrected chi connectivity index (χ1v) is 11.4. The van der Waals surface area contributed by atoms with Crippen LogP contribution in [0.3, 0.4) is 0 Å². The van der Waals surface area contributed by atoms with Gasteiger partial charge in [-0.15, -0.1) is 0 Å². The van der Waals surface area contributed by atoms with E-state index in [1.807, 2.05) is 25.1 Å². The summed E-state index contributed by atoms with van der Waals surface area (Å²) in [4.78, 5) is 20.5. The van der Waals surface area contributed by atoms with E-state index in [0.717, 1.165) is 21.6 Å². The van der Waals surface area contributed by atoms with Crippen molar-refractivity contribution in [3.8, 4) is 28.4 Å².